The van der Waals surface area contributed by atoms with E-state index in [-0.39, 0.29) is 0 Å². The summed E-state index contributed by atoms with van der Waals surface area (Å²) in [6.45, 7) is 2.27. The summed E-state index contributed by atoms with van der Waals surface area (Å²) in [5.74, 6) is 1.10. The van der Waals surface area contributed by atoms with Crippen LogP contribution >= 0.6 is 23.5 Å². The molecule has 1 heterocycles. The molecule has 0 fully saturated rings. The maximum absolute atomic E-state index is 2.30. The molecule has 0 aromatic heterocycles. The van der Waals surface area contributed by atoms with Crippen molar-refractivity contribution in [1.29, 1.82) is 0 Å². The minimum absolute atomic E-state index is 1.10. The van der Waals surface area contributed by atoms with E-state index in [4.69, 9.17) is 0 Å². The van der Waals surface area contributed by atoms with Crippen molar-refractivity contribution in [3.8, 4) is 0 Å². The molecule has 2 aromatic rings. The molecule has 0 radical (unpaired) electrons. The van der Waals surface area contributed by atoms with Crippen LogP contribution in [0.25, 0.3) is 5.57 Å². The first-order valence-corrected chi connectivity index (χ1v) is 9.36. The zero-order valence-corrected chi connectivity index (χ0v) is 14.0. The minimum atomic E-state index is 1.10. The Kier molecular flexibility index (Phi) is 5.10. The summed E-state index contributed by atoms with van der Waals surface area (Å²) in [5, 5.41) is 0. The van der Waals surface area contributed by atoms with Gasteiger partial charge in [0.2, 0.25) is 0 Å². The summed E-state index contributed by atoms with van der Waals surface area (Å²) < 4.78 is 1.49. The molecule has 0 saturated carbocycles. The third-order valence-corrected chi connectivity index (χ3v) is 6.19. The van der Waals surface area contributed by atoms with Gasteiger partial charge < -0.3 is 0 Å². The molecule has 3 rings (SSSR count). The normalized spacial score (nSPS) is 14.1. The Morgan fingerprint density at radius 1 is 1.00 bits per heavy atom. The lowest BCUT2D eigenvalue weighted by Gasteiger charge is -2.22. The van der Waals surface area contributed by atoms with E-state index in [0.717, 1.165) is 5.75 Å². The average molecular weight is 313 g/mol. The van der Waals surface area contributed by atoms with Crippen LogP contribution in [0.4, 0.5) is 0 Å². The summed E-state index contributed by atoms with van der Waals surface area (Å²) in [6.07, 6.45) is 3.71. The molecule has 108 valence electrons. The highest BCUT2D eigenvalue weighted by Crippen LogP contribution is 2.47. The highest BCUT2D eigenvalue weighted by molar-refractivity contribution is 8.22. The summed E-state index contributed by atoms with van der Waals surface area (Å²) in [7, 11) is 0. The number of benzene rings is 2. The highest BCUT2D eigenvalue weighted by atomic mass is 32.2. The van der Waals surface area contributed by atoms with E-state index in [1.54, 1.807) is 5.57 Å². The molecule has 21 heavy (non-hydrogen) atoms. The first-order chi connectivity index (χ1) is 10.4. The van der Waals surface area contributed by atoms with Crippen molar-refractivity contribution in [3.05, 3.63) is 70.0 Å². The van der Waals surface area contributed by atoms with Crippen molar-refractivity contribution in [3.63, 3.8) is 0 Å². The van der Waals surface area contributed by atoms with Gasteiger partial charge in [-0.25, -0.2) is 0 Å². The predicted octanol–water partition coefficient (Wildman–Crippen LogP) is 6.58. The monoisotopic (exact) mass is 312 g/mol. The maximum atomic E-state index is 2.30. The van der Waals surface area contributed by atoms with E-state index in [0.29, 0.717) is 0 Å². The number of fused-ring (bicyclic) bond motifs is 1. The molecule has 0 aliphatic carbocycles. The second-order valence-electron chi connectivity index (χ2n) is 5.23. The Labute approximate surface area is 136 Å². The zero-order valence-electron chi connectivity index (χ0n) is 12.3. The van der Waals surface area contributed by atoms with E-state index in [9.17, 15) is 0 Å². The average Bonchev–Trinajstić information content (AvgIpc) is 2.55. The lowest BCUT2D eigenvalue weighted by molar-refractivity contribution is 0.823. The number of thioether (sulfide) groups is 2. The first-order valence-electron chi connectivity index (χ1n) is 7.55. The van der Waals surface area contributed by atoms with Gasteiger partial charge in [0.1, 0.15) is 0 Å². The van der Waals surface area contributed by atoms with Crippen LogP contribution in [0.5, 0.6) is 0 Å². The molecule has 2 heteroatoms. The van der Waals surface area contributed by atoms with Crippen molar-refractivity contribution in [2.75, 3.05) is 0 Å². The number of rotatable bonds is 5. The molecular formula is C19H20S2. The molecule has 0 bridgehead atoms. The summed E-state index contributed by atoms with van der Waals surface area (Å²) in [5.41, 5.74) is 4.52. The Hall–Kier alpha value is -1.12. The van der Waals surface area contributed by atoms with Crippen molar-refractivity contribution < 1.29 is 0 Å². The van der Waals surface area contributed by atoms with Gasteiger partial charge in [0, 0.05) is 14.9 Å². The molecule has 1 aliphatic rings. The van der Waals surface area contributed by atoms with Crippen LogP contribution in [0.1, 0.15) is 37.3 Å². The molecule has 2 aromatic carbocycles. The molecule has 0 saturated heterocycles. The Bertz CT molecular complexity index is 629. The van der Waals surface area contributed by atoms with Crippen LogP contribution in [0, 0.1) is 0 Å². The minimum Gasteiger partial charge on any atom is -0.114 e. The fourth-order valence-corrected chi connectivity index (χ4v) is 5.03. The standard InChI is InChI=1S/C19H20S2/c1-2-3-12-18-17-13-8-7-9-15(17)14-20-19(18)21-16-10-5-4-6-11-16/h4-11,13H,2-3,12,14H2,1H3. The van der Waals surface area contributed by atoms with Crippen molar-refractivity contribution in [2.45, 2.75) is 36.8 Å². The van der Waals surface area contributed by atoms with Gasteiger partial charge in [-0.3, -0.25) is 0 Å². The SMILES string of the molecule is CCCCC1=C(Sc2ccccc2)SCc2ccccc21. The van der Waals surface area contributed by atoms with Crippen LogP contribution in [-0.4, -0.2) is 0 Å². The smallest absolute Gasteiger partial charge is 0.0491 e. The van der Waals surface area contributed by atoms with Gasteiger partial charge in [-0.15, -0.1) is 11.8 Å². The van der Waals surface area contributed by atoms with Crippen LogP contribution in [0.15, 0.2) is 63.7 Å². The van der Waals surface area contributed by atoms with Gasteiger partial charge in [0.15, 0.2) is 0 Å². The molecular weight excluding hydrogens is 292 g/mol. The number of hydrogen-bond donors (Lipinski definition) is 0. The predicted molar refractivity (Wildman–Crippen MR) is 96.5 cm³/mol. The van der Waals surface area contributed by atoms with Crippen LogP contribution in [0.2, 0.25) is 0 Å². The third-order valence-electron chi connectivity index (χ3n) is 3.68. The van der Waals surface area contributed by atoms with Crippen LogP contribution < -0.4 is 0 Å². The van der Waals surface area contributed by atoms with E-state index < -0.39 is 0 Å². The number of unbranched alkanes of at least 4 members (excludes halogenated alkanes) is 1. The van der Waals surface area contributed by atoms with E-state index in [1.165, 1.54) is 39.5 Å². The zero-order chi connectivity index (χ0) is 14.5. The molecule has 1 aliphatic heterocycles. The molecule has 0 unspecified atom stereocenters. The van der Waals surface area contributed by atoms with Gasteiger partial charge in [-0.05, 0) is 41.7 Å². The number of allylic oxidation sites excluding steroid dienone is 1. The van der Waals surface area contributed by atoms with Crippen molar-refractivity contribution in [1.82, 2.24) is 0 Å². The summed E-state index contributed by atoms with van der Waals surface area (Å²) in [4.78, 5) is 1.34. The van der Waals surface area contributed by atoms with Gasteiger partial charge in [0.25, 0.3) is 0 Å². The topological polar surface area (TPSA) is 0 Å². The fourth-order valence-electron chi connectivity index (χ4n) is 2.56. The van der Waals surface area contributed by atoms with Crippen LogP contribution in [0.3, 0.4) is 0 Å². The summed E-state index contributed by atoms with van der Waals surface area (Å²) >= 11 is 3.93. The molecule has 0 atom stereocenters. The number of hydrogen-bond acceptors (Lipinski definition) is 2. The maximum Gasteiger partial charge on any atom is 0.0491 e. The van der Waals surface area contributed by atoms with E-state index >= 15 is 0 Å². The molecule has 0 amide bonds. The van der Waals surface area contributed by atoms with Gasteiger partial charge in [-0.1, -0.05) is 67.6 Å². The lowest BCUT2D eigenvalue weighted by Crippen LogP contribution is -1.99. The van der Waals surface area contributed by atoms with Crippen molar-refractivity contribution >= 4 is 29.1 Å². The first kappa shape index (κ1) is 14.8. The summed E-state index contributed by atoms with van der Waals surface area (Å²) in [6, 6.07) is 19.6. The fraction of sp³-hybridized carbons (Fsp3) is 0.263. The van der Waals surface area contributed by atoms with Gasteiger partial charge in [0.05, 0.1) is 0 Å². The molecule has 0 N–H and O–H groups in total. The molecule has 0 spiro atoms. The second-order valence-corrected chi connectivity index (χ2v) is 7.56. The Morgan fingerprint density at radius 3 is 2.57 bits per heavy atom. The van der Waals surface area contributed by atoms with Crippen molar-refractivity contribution in [2.24, 2.45) is 0 Å². The largest absolute Gasteiger partial charge is 0.114 e. The quantitative estimate of drug-likeness (QED) is 0.611. The molecule has 0 nitrogen and oxygen atoms in total. The van der Waals surface area contributed by atoms with E-state index in [2.05, 4.69) is 61.5 Å². The van der Waals surface area contributed by atoms with Gasteiger partial charge >= 0.3 is 0 Å². The lowest BCUT2D eigenvalue weighted by atomic mass is 9.97. The van der Waals surface area contributed by atoms with Crippen LogP contribution in [-0.2, 0) is 5.75 Å². The van der Waals surface area contributed by atoms with E-state index in [1.807, 2.05) is 23.5 Å². The van der Waals surface area contributed by atoms with Gasteiger partial charge in [-0.2, -0.15) is 0 Å². The third kappa shape index (κ3) is 3.56. The second kappa shape index (κ2) is 7.24. The highest BCUT2D eigenvalue weighted by Gasteiger charge is 2.19. The Balaban J connectivity index is 1.95. The Morgan fingerprint density at radius 2 is 1.76 bits per heavy atom.